The normalized spacial score (nSPS) is 12.4. The van der Waals surface area contributed by atoms with Gasteiger partial charge in [-0.2, -0.15) is 4.98 Å². The zero-order valence-electron chi connectivity index (χ0n) is 15.3. The quantitative estimate of drug-likeness (QED) is 0.318. The van der Waals surface area contributed by atoms with Crippen molar-refractivity contribution in [2.24, 2.45) is 0 Å². The summed E-state index contributed by atoms with van der Waals surface area (Å²) in [6.07, 6.45) is 0. The average molecular weight is 457 g/mol. The summed E-state index contributed by atoms with van der Waals surface area (Å²) in [4.78, 5) is 22.4. The molecule has 0 spiro atoms. The van der Waals surface area contributed by atoms with Crippen molar-refractivity contribution in [2.75, 3.05) is 0 Å². The Hall–Kier alpha value is -2.45. The summed E-state index contributed by atoms with van der Waals surface area (Å²) >= 11 is 4.87. The fourth-order valence-electron chi connectivity index (χ4n) is 3.00. The van der Waals surface area contributed by atoms with E-state index in [9.17, 15) is 4.79 Å². The lowest BCUT2D eigenvalue weighted by Crippen LogP contribution is -2.27. The number of benzene rings is 2. The molecule has 0 aliphatic heterocycles. The van der Waals surface area contributed by atoms with Crippen molar-refractivity contribution in [3.8, 4) is 0 Å². The third kappa shape index (κ3) is 3.74. The topological polar surface area (TPSA) is 73.8 Å². The number of aromatic nitrogens is 4. The van der Waals surface area contributed by atoms with Crippen LogP contribution in [0.15, 0.2) is 67.5 Å². The van der Waals surface area contributed by atoms with Crippen LogP contribution in [0.3, 0.4) is 0 Å². The van der Waals surface area contributed by atoms with E-state index in [2.05, 4.69) is 26.1 Å². The Labute approximate surface area is 174 Å². The van der Waals surface area contributed by atoms with Crippen LogP contribution < -0.4 is 5.56 Å². The lowest BCUT2D eigenvalue weighted by Gasteiger charge is -2.19. The summed E-state index contributed by atoms with van der Waals surface area (Å²) in [6, 6.07) is 15.3. The van der Waals surface area contributed by atoms with Gasteiger partial charge in [0, 0.05) is 11.4 Å². The molecule has 0 bridgehead atoms. The van der Waals surface area contributed by atoms with Crippen LogP contribution in [0.1, 0.15) is 30.2 Å². The molecular formula is C20H17BrN4O2S. The Balaban J connectivity index is 1.83. The molecule has 1 atom stereocenters. The maximum atomic E-state index is 13.4. The lowest BCUT2D eigenvalue weighted by atomic mass is 10.1. The summed E-state index contributed by atoms with van der Waals surface area (Å²) in [5.74, 6) is 1.56. The SMILES string of the molecule is Cc1nc(CSc2nc3ccc(Br)cc3c(=O)n2[C@H](C)c2ccccc2)no1. The molecule has 0 saturated heterocycles. The van der Waals surface area contributed by atoms with E-state index in [1.54, 1.807) is 11.5 Å². The highest BCUT2D eigenvalue weighted by atomic mass is 79.9. The molecule has 0 saturated carbocycles. The number of rotatable bonds is 5. The van der Waals surface area contributed by atoms with E-state index in [0.29, 0.717) is 33.5 Å². The number of halogens is 1. The molecule has 0 N–H and O–H groups in total. The molecule has 6 nitrogen and oxygen atoms in total. The zero-order valence-corrected chi connectivity index (χ0v) is 17.7. The molecule has 4 aromatic rings. The van der Waals surface area contributed by atoms with E-state index in [4.69, 9.17) is 9.51 Å². The van der Waals surface area contributed by atoms with E-state index in [1.165, 1.54) is 11.8 Å². The van der Waals surface area contributed by atoms with Crippen LogP contribution in [0, 0.1) is 6.92 Å². The summed E-state index contributed by atoms with van der Waals surface area (Å²) in [6.45, 7) is 3.76. The Morgan fingerprint density at radius 3 is 2.68 bits per heavy atom. The number of hydrogen-bond acceptors (Lipinski definition) is 6. The van der Waals surface area contributed by atoms with Gasteiger partial charge < -0.3 is 4.52 Å². The van der Waals surface area contributed by atoms with Crippen molar-refractivity contribution in [3.63, 3.8) is 0 Å². The van der Waals surface area contributed by atoms with Crippen LogP contribution in [-0.4, -0.2) is 19.7 Å². The third-order valence-corrected chi connectivity index (χ3v) is 5.84. The number of aryl methyl sites for hydroxylation is 1. The van der Waals surface area contributed by atoms with Gasteiger partial charge in [0.25, 0.3) is 5.56 Å². The highest BCUT2D eigenvalue weighted by molar-refractivity contribution is 9.10. The van der Waals surface area contributed by atoms with Crippen molar-refractivity contribution in [2.45, 2.75) is 30.8 Å². The number of nitrogens with zero attached hydrogens (tertiary/aromatic N) is 4. The molecule has 142 valence electrons. The Bertz CT molecular complexity index is 1190. The Morgan fingerprint density at radius 2 is 1.96 bits per heavy atom. The van der Waals surface area contributed by atoms with E-state index in [1.807, 2.05) is 55.5 Å². The molecular weight excluding hydrogens is 440 g/mol. The van der Waals surface area contributed by atoms with E-state index < -0.39 is 0 Å². The van der Waals surface area contributed by atoms with E-state index >= 15 is 0 Å². The van der Waals surface area contributed by atoms with Crippen LogP contribution in [0.2, 0.25) is 0 Å². The van der Waals surface area contributed by atoms with Gasteiger partial charge in [-0.3, -0.25) is 9.36 Å². The van der Waals surface area contributed by atoms with Crippen LogP contribution in [0.5, 0.6) is 0 Å². The standard InChI is InChI=1S/C20H17BrN4O2S/c1-12(14-6-4-3-5-7-14)25-19(26)16-10-15(21)8-9-17(16)23-20(25)28-11-18-22-13(2)27-24-18/h3-10,12H,11H2,1-2H3/t12-/m1/s1. The maximum absolute atomic E-state index is 13.4. The molecule has 2 aromatic carbocycles. The van der Waals surface area contributed by atoms with Crippen LogP contribution in [-0.2, 0) is 5.75 Å². The zero-order chi connectivity index (χ0) is 19.7. The maximum Gasteiger partial charge on any atom is 0.262 e. The monoisotopic (exact) mass is 456 g/mol. The molecule has 0 unspecified atom stereocenters. The summed E-state index contributed by atoms with van der Waals surface area (Å²) in [5.41, 5.74) is 1.63. The van der Waals surface area contributed by atoms with Gasteiger partial charge in [0.2, 0.25) is 5.89 Å². The van der Waals surface area contributed by atoms with Crippen molar-refractivity contribution in [3.05, 3.63) is 80.6 Å². The first kappa shape index (κ1) is 18.9. The van der Waals surface area contributed by atoms with Crippen LogP contribution in [0.25, 0.3) is 10.9 Å². The van der Waals surface area contributed by atoms with Crippen molar-refractivity contribution in [1.82, 2.24) is 19.7 Å². The average Bonchev–Trinajstić information content (AvgIpc) is 3.12. The predicted molar refractivity (Wildman–Crippen MR) is 113 cm³/mol. The summed E-state index contributed by atoms with van der Waals surface area (Å²) < 4.78 is 7.62. The van der Waals surface area contributed by atoms with Crippen LogP contribution in [0.4, 0.5) is 0 Å². The van der Waals surface area contributed by atoms with Crippen LogP contribution >= 0.6 is 27.7 Å². The van der Waals surface area contributed by atoms with E-state index in [-0.39, 0.29) is 11.6 Å². The smallest absolute Gasteiger partial charge is 0.262 e. The highest BCUT2D eigenvalue weighted by Gasteiger charge is 2.19. The minimum absolute atomic E-state index is 0.0746. The molecule has 0 radical (unpaired) electrons. The molecule has 0 fully saturated rings. The first-order valence-corrected chi connectivity index (χ1v) is 10.5. The fraction of sp³-hybridized carbons (Fsp3) is 0.200. The second-order valence-electron chi connectivity index (χ2n) is 6.34. The van der Waals surface area contributed by atoms with Gasteiger partial charge in [0.05, 0.1) is 22.7 Å². The minimum atomic E-state index is -0.168. The highest BCUT2D eigenvalue weighted by Crippen LogP contribution is 2.27. The van der Waals surface area contributed by atoms with Gasteiger partial charge in [-0.05, 0) is 30.7 Å². The molecule has 28 heavy (non-hydrogen) atoms. The van der Waals surface area contributed by atoms with Gasteiger partial charge in [-0.1, -0.05) is 63.2 Å². The molecule has 0 aliphatic carbocycles. The Morgan fingerprint density at radius 1 is 1.18 bits per heavy atom. The van der Waals surface area contributed by atoms with Crippen molar-refractivity contribution < 1.29 is 4.52 Å². The second kappa shape index (κ2) is 7.89. The lowest BCUT2D eigenvalue weighted by molar-refractivity contribution is 0.389. The predicted octanol–water partition coefficient (Wildman–Crippen LogP) is 4.75. The molecule has 0 amide bonds. The number of thioether (sulfide) groups is 1. The molecule has 0 aliphatic rings. The van der Waals surface area contributed by atoms with Crippen molar-refractivity contribution >= 4 is 38.6 Å². The summed E-state index contributed by atoms with van der Waals surface area (Å²) in [5, 5.41) is 5.14. The number of hydrogen-bond donors (Lipinski definition) is 0. The molecule has 2 aromatic heterocycles. The fourth-order valence-corrected chi connectivity index (χ4v) is 4.28. The molecule has 8 heteroatoms. The molecule has 2 heterocycles. The minimum Gasteiger partial charge on any atom is -0.340 e. The van der Waals surface area contributed by atoms with E-state index in [0.717, 1.165) is 10.0 Å². The first-order valence-electron chi connectivity index (χ1n) is 8.71. The van der Waals surface area contributed by atoms with Gasteiger partial charge in [0.1, 0.15) is 0 Å². The van der Waals surface area contributed by atoms with Crippen molar-refractivity contribution in [1.29, 1.82) is 0 Å². The van der Waals surface area contributed by atoms with Gasteiger partial charge >= 0.3 is 0 Å². The Kier molecular flexibility index (Phi) is 5.32. The summed E-state index contributed by atoms with van der Waals surface area (Å²) in [7, 11) is 0. The third-order valence-electron chi connectivity index (χ3n) is 4.40. The molecule has 4 rings (SSSR count). The number of fused-ring (bicyclic) bond motifs is 1. The van der Waals surface area contributed by atoms with Gasteiger partial charge in [-0.25, -0.2) is 4.98 Å². The first-order chi connectivity index (χ1) is 13.5. The largest absolute Gasteiger partial charge is 0.340 e. The van der Waals surface area contributed by atoms with Gasteiger partial charge in [0.15, 0.2) is 11.0 Å². The second-order valence-corrected chi connectivity index (χ2v) is 8.19. The van der Waals surface area contributed by atoms with Gasteiger partial charge in [-0.15, -0.1) is 0 Å².